The lowest BCUT2D eigenvalue weighted by Gasteiger charge is -2.30. The molecule has 7 heteroatoms. The Kier molecular flexibility index (Phi) is 5.53. The van der Waals surface area contributed by atoms with Crippen molar-refractivity contribution < 1.29 is 4.79 Å². The Hall–Kier alpha value is -2.28. The van der Waals surface area contributed by atoms with Gasteiger partial charge in [0.25, 0.3) is 0 Å². The second-order valence-corrected chi connectivity index (χ2v) is 6.14. The van der Waals surface area contributed by atoms with Crippen molar-refractivity contribution in [2.24, 2.45) is 5.92 Å². The molecule has 1 amide bonds. The molecule has 3 rings (SSSR count). The van der Waals surface area contributed by atoms with Crippen LogP contribution in [0, 0.1) is 5.92 Å². The van der Waals surface area contributed by atoms with E-state index in [1.807, 2.05) is 25.1 Å². The molecule has 0 spiro atoms. The number of carbonyl (C=O) groups excluding carboxylic acids is 1. The number of piperidine rings is 1. The van der Waals surface area contributed by atoms with Crippen molar-refractivity contribution in [1.29, 1.82) is 0 Å². The molecule has 1 aliphatic rings. The number of aryl methyl sites for hydroxylation is 1. The molecular formula is C17H24N6O. The molecule has 2 aromatic rings. The molecule has 2 aromatic heterocycles. The molecule has 1 fully saturated rings. The van der Waals surface area contributed by atoms with Gasteiger partial charge in [-0.05, 0) is 38.1 Å². The maximum Gasteiger partial charge on any atom is 0.223 e. The highest BCUT2D eigenvalue weighted by atomic mass is 16.1. The number of aromatic nitrogens is 4. The van der Waals surface area contributed by atoms with Gasteiger partial charge in [-0.25, -0.2) is 4.98 Å². The van der Waals surface area contributed by atoms with Crippen molar-refractivity contribution >= 4 is 5.91 Å². The topological polar surface area (TPSA) is 86.8 Å². The molecule has 128 valence electrons. The van der Waals surface area contributed by atoms with Gasteiger partial charge >= 0.3 is 0 Å². The van der Waals surface area contributed by atoms with Crippen molar-refractivity contribution in [1.82, 2.24) is 30.4 Å². The molecule has 0 saturated carbocycles. The van der Waals surface area contributed by atoms with E-state index >= 15 is 0 Å². The Morgan fingerprint density at radius 1 is 1.38 bits per heavy atom. The van der Waals surface area contributed by atoms with Gasteiger partial charge in [0, 0.05) is 18.5 Å². The minimum Gasteiger partial charge on any atom is -0.350 e. The minimum atomic E-state index is 0.0888. The quantitative estimate of drug-likeness (QED) is 0.834. The number of aromatic amines is 1. The fraction of sp³-hybridized carbons (Fsp3) is 0.529. The first-order valence-electron chi connectivity index (χ1n) is 8.54. The lowest BCUT2D eigenvalue weighted by molar-refractivity contribution is -0.126. The van der Waals surface area contributed by atoms with E-state index in [-0.39, 0.29) is 11.8 Å². The van der Waals surface area contributed by atoms with E-state index in [2.05, 4.69) is 30.4 Å². The Labute approximate surface area is 141 Å². The van der Waals surface area contributed by atoms with Gasteiger partial charge in [-0.3, -0.25) is 19.8 Å². The number of likely N-dealkylation sites (tertiary alicyclic amines) is 1. The number of nitrogens with zero attached hydrogens (tertiary/aromatic N) is 4. The average molecular weight is 328 g/mol. The number of H-pyrrole nitrogens is 1. The SMILES string of the molecule is CCc1n[nH]c(CN2CCC(C(=O)NCc3ccccn3)CC2)n1. The van der Waals surface area contributed by atoms with Crippen LogP contribution >= 0.6 is 0 Å². The maximum atomic E-state index is 12.3. The highest BCUT2D eigenvalue weighted by Gasteiger charge is 2.25. The highest BCUT2D eigenvalue weighted by Crippen LogP contribution is 2.18. The van der Waals surface area contributed by atoms with Gasteiger partial charge in [0.15, 0.2) is 0 Å². The Morgan fingerprint density at radius 3 is 2.88 bits per heavy atom. The van der Waals surface area contributed by atoms with Crippen LogP contribution in [0.2, 0.25) is 0 Å². The highest BCUT2D eigenvalue weighted by molar-refractivity contribution is 5.78. The van der Waals surface area contributed by atoms with E-state index in [4.69, 9.17) is 0 Å². The third-order valence-electron chi connectivity index (χ3n) is 4.40. The first-order chi connectivity index (χ1) is 11.7. The van der Waals surface area contributed by atoms with Gasteiger partial charge in [-0.1, -0.05) is 13.0 Å². The first kappa shape index (κ1) is 16.6. The number of pyridine rings is 1. The Morgan fingerprint density at radius 2 is 2.21 bits per heavy atom. The van der Waals surface area contributed by atoms with Crippen LogP contribution < -0.4 is 5.32 Å². The van der Waals surface area contributed by atoms with Gasteiger partial charge in [-0.15, -0.1) is 0 Å². The normalized spacial score (nSPS) is 16.2. The largest absolute Gasteiger partial charge is 0.350 e. The van der Waals surface area contributed by atoms with Crippen molar-refractivity contribution in [2.75, 3.05) is 13.1 Å². The Balaban J connectivity index is 1.42. The molecular weight excluding hydrogens is 304 g/mol. The van der Waals surface area contributed by atoms with Crippen LogP contribution in [0.5, 0.6) is 0 Å². The van der Waals surface area contributed by atoms with Crippen LogP contribution in [0.4, 0.5) is 0 Å². The molecule has 0 atom stereocenters. The third kappa shape index (κ3) is 4.38. The molecule has 24 heavy (non-hydrogen) atoms. The summed E-state index contributed by atoms with van der Waals surface area (Å²) in [5.74, 6) is 1.98. The molecule has 0 bridgehead atoms. The van der Waals surface area contributed by atoms with E-state index in [1.165, 1.54) is 0 Å². The molecule has 0 radical (unpaired) electrons. The smallest absolute Gasteiger partial charge is 0.223 e. The van der Waals surface area contributed by atoms with Crippen LogP contribution in [-0.4, -0.2) is 44.1 Å². The van der Waals surface area contributed by atoms with Crippen LogP contribution in [0.15, 0.2) is 24.4 Å². The van der Waals surface area contributed by atoms with E-state index in [9.17, 15) is 4.79 Å². The van der Waals surface area contributed by atoms with E-state index in [1.54, 1.807) is 6.20 Å². The molecule has 3 heterocycles. The summed E-state index contributed by atoms with van der Waals surface area (Å²) < 4.78 is 0. The summed E-state index contributed by atoms with van der Waals surface area (Å²) in [5.41, 5.74) is 0.889. The number of rotatable bonds is 6. The van der Waals surface area contributed by atoms with Crippen molar-refractivity contribution in [3.63, 3.8) is 0 Å². The number of hydrogen-bond donors (Lipinski definition) is 2. The fourth-order valence-corrected chi connectivity index (χ4v) is 2.95. The van der Waals surface area contributed by atoms with Crippen molar-refractivity contribution in [3.05, 3.63) is 41.7 Å². The average Bonchev–Trinajstić information content (AvgIpc) is 3.09. The zero-order valence-electron chi connectivity index (χ0n) is 14.0. The molecule has 7 nitrogen and oxygen atoms in total. The number of carbonyl (C=O) groups is 1. The van der Waals surface area contributed by atoms with Crippen molar-refractivity contribution in [2.45, 2.75) is 39.3 Å². The van der Waals surface area contributed by atoms with Gasteiger partial charge in [0.2, 0.25) is 5.91 Å². The number of amides is 1. The Bertz CT molecular complexity index is 648. The first-order valence-corrected chi connectivity index (χ1v) is 8.54. The zero-order chi connectivity index (χ0) is 16.8. The summed E-state index contributed by atoms with van der Waals surface area (Å²) in [6, 6.07) is 5.73. The lowest BCUT2D eigenvalue weighted by Crippen LogP contribution is -2.40. The standard InChI is InChI=1S/C17H24N6O/c1-2-15-20-16(22-21-15)12-23-9-6-13(7-10-23)17(24)19-11-14-5-3-4-8-18-14/h3-5,8,13H,2,6-7,9-12H2,1H3,(H,19,24)(H,20,21,22). The summed E-state index contributed by atoms with van der Waals surface area (Å²) in [5, 5.41) is 10.1. The second kappa shape index (κ2) is 8.01. The molecule has 1 aliphatic heterocycles. The van der Waals surface area contributed by atoms with E-state index in [0.717, 1.165) is 56.2 Å². The summed E-state index contributed by atoms with van der Waals surface area (Å²) in [6.07, 6.45) is 4.34. The third-order valence-corrected chi connectivity index (χ3v) is 4.40. The minimum absolute atomic E-state index is 0.0888. The summed E-state index contributed by atoms with van der Waals surface area (Å²) in [4.78, 5) is 23.3. The maximum absolute atomic E-state index is 12.3. The predicted molar refractivity (Wildman–Crippen MR) is 89.8 cm³/mol. The summed E-state index contributed by atoms with van der Waals surface area (Å²) in [6.45, 7) is 5.13. The number of hydrogen-bond acceptors (Lipinski definition) is 5. The number of nitrogens with one attached hydrogen (secondary N) is 2. The molecule has 2 N–H and O–H groups in total. The predicted octanol–water partition coefficient (Wildman–Crippen LogP) is 1.29. The fourth-order valence-electron chi connectivity index (χ4n) is 2.95. The van der Waals surface area contributed by atoms with Gasteiger partial charge < -0.3 is 5.32 Å². The van der Waals surface area contributed by atoms with Crippen LogP contribution in [0.3, 0.4) is 0 Å². The summed E-state index contributed by atoms with van der Waals surface area (Å²) in [7, 11) is 0. The van der Waals surface area contributed by atoms with E-state index < -0.39 is 0 Å². The molecule has 1 saturated heterocycles. The van der Waals surface area contributed by atoms with Crippen molar-refractivity contribution in [3.8, 4) is 0 Å². The zero-order valence-corrected chi connectivity index (χ0v) is 14.0. The van der Waals surface area contributed by atoms with Crippen LogP contribution in [0.25, 0.3) is 0 Å². The van der Waals surface area contributed by atoms with Gasteiger partial charge in [0.1, 0.15) is 11.6 Å². The molecule has 0 aromatic carbocycles. The van der Waals surface area contributed by atoms with Gasteiger partial charge in [-0.2, -0.15) is 5.10 Å². The molecule has 0 unspecified atom stereocenters. The molecule has 0 aliphatic carbocycles. The van der Waals surface area contributed by atoms with E-state index in [0.29, 0.717) is 6.54 Å². The van der Waals surface area contributed by atoms with Gasteiger partial charge in [0.05, 0.1) is 18.8 Å². The lowest BCUT2D eigenvalue weighted by atomic mass is 9.96. The second-order valence-electron chi connectivity index (χ2n) is 6.14. The summed E-state index contributed by atoms with van der Waals surface area (Å²) >= 11 is 0. The monoisotopic (exact) mass is 328 g/mol. The van der Waals surface area contributed by atoms with Crippen LogP contribution in [0.1, 0.15) is 37.1 Å². The van der Waals surface area contributed by atoms with Crippen LogP contribution in [-0.2, 0) is 24.3 Å².